The van der Waals surface area contributed by atoms with Crippen molar-refractivity contribution in [3.63, 3.8) is 0 Å². The van der Waals surface area contributed by atoms with Gasteiger partial charge in [0.15, 0.2) is 0 Å². The van der Waals surface area contributed by atoms with Crippen molar-refractivity contribution in [2.45, 2.75) is 72.1 Å². The molecule has 0 saturated carbocycles. The first-order chi connectivity index (χ1) is 10.9. The number of aryl methyl sites for hydroxylation is 3. The standard InChI is InChI=1S/C23H30/c1-6-7-8-9-18-13-17(3)22-19(14-18)15-23(4,5)21-11-10-16(2)12-20(21)22/h10-14H,6-9,15H2,1-5H3. The van der Waals surface area contributed by atoms with Crippen molar-refractivity contribution in [2.75, 3.05) is 0 Å². The summed E-state index contributed by atoms with van der Waals surface area (Å²) >= 11 is 0. The minimum Gasteiger partial charge on any atom is -0.0654 e. The molecule has 2 aromatic rings. The minimum atomic E-state index is 0.227. The Hall–Kier alpha value is -1.56. The second kappa shape index (κ2) is 6.15. The smallest absolute Gasteiger partial charge is 0.00568 e. The molecule has 0 radical (unpaired) electrons. The highest BCUT2D eigenvalue weighted by Crippen LogP contribution is 2.45. The van der Waals surface area contributed by atoms with E-state index in [1.807, 2.05) is 0 Å². The molecular weight excluding hydrogens is 276 g/mol. The molecule has 2 aromatic carbocycles. The molecular formula is C23H30. The van der Waals surface area contributed by atoms with E-state index in [2.05, 4.69) is 65.0 Å². The maximum Gasteiger partial charge on any atom is -0.00568 e. The largest absolute Gasteiger partial charge is 0.0654 e. The monoisotopic (exact) mass is 306 g/mol. The fraction of sp³-hybridized carbons (Fsp3) is 0.478. The van der Waals surface area contributed by atoms with E-state index in [0.717, 1.165) is 6.42 Å². The number of fused-ring (bicyclic) bond motifs is 3. The van der Waals surface area contributed by atoms with Crippen LogP contribution >= 0.6 is 0 Å². The Bertz CT molecular complexity index is 719. The molecule has 0 fully saturated rings. The van der Waals surface area contributed by atoms with Crippen LogP contribution < -0.4 is 0 Å². The third kappa shape index (κ3) is 3.09. The molecule has 23 heavy (non-hydrogen) atoms. The second-order valence-electron chi connectivity index (χ2n) is 8.01. The zero-order valence-corrected chi connectivity index (χ0v) is 15.4. The first-order valence-corrected chi connectivity index (χ1v) is 9.16. The van der Waals surface area contributed by atoms with Gasteiger partial charge in [0, 0.05) is 0 Å². The summed E-state index contributed by atoms with van der Waals surface area (Å²) in [6, 6.07) is 11.9. The predicted octanol–water partition coefficient (Wildman–Crippen LogP) is 6.54. The quantitative estimate of drug-likeness (QED) is 0.563. The lowest BCUT2D eigenvalue weighted by atomic mass is 9.68. The second-order valence-corrected chi connectivity index (χ2v) is 8.01. The van der Waals surface area contributed by atoms with Crippen LogP contribution in [0, 0.1) is 13.8 Å². The zero-order valence-electron chi connectivity index (χ0n) is 15.4. The van der Waals surface area contributed by atoms with Crippen molar-refractivity contribution in [2.24, 2.45) is 0 Å². The molecule has 0 saturated heterocycles. The summed E-state index contributed by atoms with van der Waals surface area (Å²) in [4.78, 5) is 0. The van der Waals surface area contributed by atoms with E-state index in [0.29, 0.717) is 0 Å². The molecule has 0 amide bonds. The lowest BCUT2D eigenvalue weighted by molar-refractivity contribution is 0.516. The van der Waals surface area contributed by atoms with Gasteiger partial charge < -0.3 is 0 Å². The van der Waals surface area contributed by atoms with Crippen molar-refractivity contribution in [1.82, 2.24) is 0 Å². The SMILES string of the molecule is CCCCCc1cc(C)c2c(c1)CC(C)(C)c1ccc(C)cc1-2. The number of rotatable bonds is 4. The van der Waals surface area contributed by atoms with Gasteiger partial charge in [0.2, 0.25) is 0 Å². The molecule has 0 aromatic heterocycles. The molecule has 0 atom stereocenters. The van der Waals surface area contributed by atoms with Gasteiger partial charge in [-0.2, -0.15) is 0 Å². The van der Waals surface area contributed by atoms with E-state index in [1.165, 1.54) is 59.1 Å². The first-order valence-electron chi connectivity index (χ1n) is 9.16. The number of hydrogen-bond donors (Lipinski definition) is 0. The highest BCUT2D eigenvalue weighted by molar-refractivity contribution is 5.78. The lowest BCUT2D eigenvalue weighted by Gasteiger charge is -2.35. The van der Waals surface area contributed by atoms with E-state index >= 15 is 0 Å². The van der Waals surface area contributed by atoms with Gasteiger partial charge in [0.05, 0.1) is 0 Å². The van der Waals surface area contributed by atoms with E-state index in [-0.39, 0.29) is 5.41 Å². The van der Waals surface area contributed by atoms with Gasteiger partial charge in [-0.05, 0) is 71.9 Å². The average molecular weight is 306 g/mol. The molecule has 0 nitrogen and oxygen atoms in total. The molecule has 0 bridgehead atoms. The first kappa shape index (κ1) is 16.3. The Kier molecular flexibility index (Phi) is 4.36. The molecule has 0 heterocycles. The van der Waals surface area contributed by atoms with E-state index in [1.54, 1.807) is 5.56 Å². The average Bonchev–Trinajstić information content (AvgIpc) is 2.46. The van der Waals surface area contributed by atoms with Gasteiger partial charge in [-0.15, -0.1) is 0 Å². The topological polar surface area (TPSA) is 0 Å². The van der Waals surface area contributed by atoms with Crippen LogP contribution in [0.15, 0.2) is 30.3 Å². The maximum atomic E-state index is 2.49. The lowest BCUT2D eigenvalue weighted by Crippen LogP contribution is -2.26. The number of unbranched alkanes of at least 4 members (excludes halogenated alkanes) is 2. The fourth-order valence-electron chi connectivity index (χ4n) is 4.22. The summed E-state index contributed by atoms with van der Waals surface area (Å²) in [6.45, 7) is 11.6. The number of hydrogen-bond acceptors (Lipinski definition) is 0. The predicted molar refractivity (Wildman–Crippen MR) is 101 cm³/mol. The molecule has 0 unspecified atom stereocenters. The Morgan fingerprint density at radius 2 is 1.78 bits per heavy atom. The van der Waals surface area contributed by atoms with Gasteiger partial charge in [0.25, 0.3) is 0 Å². The molecule has 0 spiro atoms. The van der Waals surface area contributed by atoms with Gasteiger partial charge in [-0.3, -0.25) is 0 Å². The molecule has 122 valence electrons. The third-order valence-corrected chi connectivity index (χ3v) is 5.35. The summed E-state index contributed by atoms with van der Waals surface area (Å²) in [5.41, 5.74) is 10.6. The van der Waals surface area contributed by atoms with Crippen LogP contribution in [0.25, 0.3) is 11.1 Å². The van der Waals surface area contributed by atoms with E-state index in [9.17, 15) is 0 Å². The normalized spacial score (nSPS) is 15.2. The summed E-state index contributed by atoms with van der Waals surface area (Å²) in [5, 5.41) is 0. The molecule has 3 rings (SSSR count). The van der Waals surface area contributed by atoms with Gasteiger partial charge in [-0.25, -0.2) is 0 Å². The van der Waals surface area contributed by atoms with E-state index in [4.69, 9.17) is 0 Å². The van der Waals surface area contributed by atoms with Gasteiger partial charge >= 0.3 is 0 Å². The van der Waals surface area contributed by atoms with Crippen molar-refractivity contribution in [3.05, 3.63) is 58.1 Å². The van der Waals surface area contributed by atoms with Crippen LogP contribution in [0.3, 0.4) is 0 Å². The summed E-state index contributed by atoms with van der Waals surface area (Å²) in [6.07, 6.45) is 6.32. The minimum absolute atomic E-state index is 0.227. The van der Waals surface area contributed by atoms with Crippen molar-refractivity contribution in [1.29, 1.82) is 0 Å². The van der Waals surface area contributed by atoms with Gasteiger partial charge in [-0.1, -0.05) is 69.5 Å². The highest BCUT2D eigenvalue weighted by atomic mass is 14.4. The molecule has 1 aliphatic rings. The third-order valence-electron chi connectivity index (χ3n) is 5.35. The van der Waals surface area contributed by atoms with E-state index < -0.39 is 0 Å². The summed E-state index contributed by atoms with van der Waals surface area (Å²) < 4.78 is 0. The van der Waals surface area contributed by atoms with Crippen LogP contribution in [0.5, 0.6) is 0 Å². The molecule has 0 heteroatoms. The van der Waals surface area contributed by atoms with Crippen LogP contribution in [0.4, 0.5) is 0 Å². The fourth-order valence-corrected chi connectivity index (χ4v) is 4.22. The molecule has 0 aliphatic heterocycles. The molecule has 0 N–H and O–H groups in total. The Labute approximate surface area is 141 Å². The Morgan fingerprint density at radius 1 is 1.00 bits per heavy atom. The summed E-state index contributed by atoms with van der Waals surface area (Å²) in [5.74, 6) is 0. The van der Waals surface area contributed by atoms with Crippen LogP contribution in [0.1, 0.15) is 67.9 Å². The Balaban J connectivity index is 2.09. The van der Waals surface area contributed by atoms with Crippen molar-refractivity contribution < 1.29 is 0 Å². The van der Waals surface area contributed by atoms with Crippen LogP contribution in [-0.2, 0) is 18.3 Å². The van der Waals surface area contributed by atoms with Crippen LogP contribution in [0.2, 0.25) is 0 Å². The molecule has 1 aliphatic carbocycles. The number of benzene rings is 2. The van der Waals surface area contributed by atoms with Crippen molar-refractivity contribution >= 4 is 0 Å². The Morgan fingerprint density at radius 3 is 2.52 bits per heavy atom. The van der Waals surface area contributed by atoms with Gasteiger partial charge in [0.1, 0.15) is 0 Å². The zero-order chi connectivity index (χ0) is 16.6. The maximum absolute atomic E-state index is 2.49. The summed E-state index contributed by atoms with van der Waals surface area (Å²) in [7, 11) is 0. The van der Waals surface area contributed by atoms with Crippen LogP contribution in [-0.4, -0.2) is 0 Å². The van der Waals surface area contributed by atoms with Crippen molar-refractivity contribution in [3.8, 4) is 11.1 Å². The highest BCUT2D eigenvalue weighted by Gasteiger charge is 2.31.